The van der Waals surface area contributed by atoms with Crippen LogP contribution in [-0.4, -0.2) is 23.4 Å². The summed E-state index contributed by atoms with van der Waals surface area (Å²) in [6, 6.07) is 0. The molecular weight excluding hydrogens is 164 g/mol. The van der Waals surface area contributed by atoms with Gasteiger partial charge in [0.05, 0.1) is 18.3 Å². The average molecular weight is 188 g/mol. The van der Waals surface area contributed by atoms with Gasteiger partial charge in [-0.05, 0) is 33.1 Å². The smallest absolute Gasteiger partial charge is 0.0776 e. The SMILES string of the molecule is CCC(C)CC(O)COC(C)(C)C. The highest BCUT2D eigenvalue weighted by atomic mass is 16.5. The molecule has 0 spiro atoms. The number of hydrogen-bond acceptors (Lipinski definition) is 2. The van der Waals surface area contributed by atoms with Crippen molar-refractivity contribution < 1.29 is 9.84 Å². The van der Waals surface area contributed by atoms with Gasteiger partial charge in [0, 0.05) is 0 Å². The molecule has 0 saturated carbocycles. The Bertz CT molecular complexity index is 127. The van der Waals surface area contributed by atoms with Crippen molar-refractivity contribution in [3.05, 3.63) is 0 Å². The number of aliphatic hydroxyl groups is 1. The summed E-state index contributed by atoms with van der Waals surface area (Å²) in [4.78, 5) is 0. The third kappa shape index (κ3) is 8.26. The minimum Gasteiger partial charge on any atom is -0.391 e. The summed E-state index contributed by atoms with van der Waals surface area (Å²) < 4.78 is 5.49. The summed E-state index contributed by atoms with van der Waals surface area (Å²) in [6.45, 7) is 10.8. The molecule has 0 radical (unpaired) electrons. The first kappa shape index (κ1) is 12.9. The van der Waals surface area contributed by atoms with E-state index >= 15 is 0 Å². The number of rotatable bonds is 5. The van der Waals surface area contributed by atoms with Gasteiger partial charge in [0.25, 0.3) is 0 Å². The first-order valence-electron chi connectivity index (χ1n) is 5.17. The van der Waals surface area contributed by atoms with Crippen LogP contribution in [0.4, 0.5) is 0 Å². The van der Waals surface area contributed by atoms with Crippen LogP contribution in [0.5, 0.6) is 0 Å². The quantitative estimate of drug-likeness (QED) is 0.718. The van der Waals surface area contributed by atoms with E-state index in [9.17, 15) is 5.11 Å². The fourth-order valence-corrected chi connectivity index (χ4v) is 1.05. The molecule has 2 atom stereocenters. The second-order valence-electron chi connectivity index (χ2n) is 4.83. The molecule has 0 aromatic heterocycles. The first-order valence-corrected chi connectivity index (χ1v) is 5.17. The molecule has 0 rings (SSSR count). The van der Waals surface area contributed by atoms with Crippen LogP contribution in [-0.2, 0) is 4.74 Å². The molecule has 0 aromatic rings. The highest BCUT2D eigenvalue weighted by Crippen LogP contribution is 2.13. The van der Waals surface area contributed by atoms with Crippen LogP contribution in [0.3, 0.4) is 0 Å². The molecule has 1 N–H and O–H groups in total. The van der Waals surface area contributed by atoms with E-state index in [1.165, 1.54) is 0 Å². The minimum absolute atomic E-state index is 0.142. The summed E-state index contributed by atoms with van der Waals surface area (Å²) >= 11 is 0. The van der Waals surface area contributed by atoms with Crippen molar-refractivity contribution >= 4 is 0 Å². The van der Waals surface area contributed by atoms with Crippen LogP contribution in [0, 0.1) is 5.92 Å². The third-order valence-electron chi connectivity index (χ3n) is 2.08. The minimum atomic E-state index is -0.311. The number of hydrogen-bond donors (Lipinski definition) is 1. The summed E-state index contributed by atoms with van der Waals surface area (Å²) in [5.41, 5.74) is -0.142. The monoisotopic (exact) mass is 188 g/mol. The van der Waals surface area contributed by atoms with Gasteiger partial charge in [0.1, 0.15) is 0 Å². The zero-order valence-electron chi connectivity index (χ0n) is 9.63. The van der Waals surface area contributed by atoms with Crippen molar-refractivity contribution in [2.45, 2.75) is 59.2 Å². The van der Waals surface area contributed by atoms with Gasteiger partial charge in [-0.3, -0.25) is 0 Å². The van der Waals surface area contributed by atoms with Crippen LogP contribution in [0.15, 0.2) is 0 Å². The van der Waals surface area contributed by atoms with Crippen LogP contribution >= 0.6 is 0 Å². The third-order valence-corrected chi connectivity index (χ3v) is 2.08. The summed E-state index contributed by atoms with van der Waals surface area (Å²) in [5.74, 6) is 0.582. The first-order chi connectivity index (χ1) is 5.85. The van der Waals surface area contributed by atoms with E-state index in [2.05, 4.69) is 13.8 Å². The fourth-order valence-electron chi connectivity index (χ4n) is 1.05. The molecule has 13 heavy (non-hydrogen) atoms. The molecule has 0 aromatic carbocycles. The van der Waals surface area contributed by atoms with Gasteiger partial charge >= 0.3 is 0 Å². The number of aliphatic hydroxyl groups excluding tert-OH is 1. The molecule has 2 unspecified atom stereocenters. The molecule has 2 heteroatoms. The lowest BCUT2D eigenvalue weighted by molar-refractivity contribution is -0.0537. The highest BCUT2D eigenvalue weighted by molar-refractivity contribution is 4.64. The Morgan fingerprint density at radius 1 is 1.31 bits per heavy atom. The van der Waals surface area contributed by atoms with Gasteiger partial charge in [-0.2, -0.15) is 0 Å². The van der Waals surface area contributed by atoms with Crippen LogP contribution in [0.1, 0.15) is 47.5 Å². The lowest BCUT2D eigenvalue weighted by Crippen LogP contribution is -2.27. The van der Waals surface area contributed by atoms with Crippen molar-refractivity contribution in [2.75, 3.05) is 6.61 Å². The van der Waals surface area contributed by atoms with Crippen molar-refractivity contribution in [3.63, 3.8) is 0 Å². The van der Waals surface area contributed by atoms with Gasteiger partial charge in [-0.15, -0.1) is 0 Å². The fraction of sp³-hybridized carbons (Fsp3) is 1.00. The predicted molar refractivity (Wildman–Crippen MR) is 55.8 cm³/mol. The topological polar surface area (TPSA) is 29.5 Å². The zero-order chi connectivity index (χ0) is 10.5. The predicted octanol–water partition coefficient (Wildman–Crippen LogP) is 2.60. The molecule has 0 heterocycles. The molecule has 0 bridgehead atoms. The van der Waals surface area contributed by atoms with E-state index in [-0.39, 0.29) is 11.7 Å². The van der Waals surface area contributed by atoms with Gasteiger partial charge in [0.2, 0.25) is 0 Å². The molecule has 2 nitrogen and oxygen atoms in total. The second kappa shape index (κ2) is 5.61. The Morgan fingerprint density at radius 3 is 2.23 bits per heavy atom. The van der Waals surface area contributed by atoms with E-state index in [0.29, 0.717) is 12.5 Å². The van der Waals surface area contributed by atoms with E-state index in [1.807, 2.05) is 20.8 Å². The van der Waals surface area contributed by atoms with Crippen molar-refractivity contribution in [1.82, 2.24) is 0 Å². The average Bonchev–Trinajstić information content (AvgIpc) is 1.99. The largest absolute Gasteiger partial charge is 0.391 e. The molecule has 0 aliphatic rings. The maximum absolute atomic E-state index is 9.59. The standard InChI is InChI=1S/C11H24O2/c1-6-9(2)7-10(12)8-13-11(3,4)5/h9-10,12H,6-8H2,1-5H3. The van der Waals surface area contributed by atoms with Crippen molar-refractivity contribution in [3.8, 4) is 0 Å². The molecule has 80 valence electrons. The lowest BCUT2D eigenvalue weighted by atomic mass is 10.0. The molecule has 0 aliphatic heterocycles. The molecule has 0 amide bonds. The lowest BCUT2D eigenvalue weighted by Gasteiger charge is -2.23. The molecular formula is C11H24O2. The molecule has 0 aliphatic carbocycles. The number of ether oxygens (including phenoxy) is 1. The van der Waals surface area contributed by atoms with Crippen LogP contribution in [0.25, 0.3) is 0 Å². The Hall–Kier alpha value is -0.0800. The normalized spacial score (nSPS) is 17.1. The van der Waals surface area contributed by atoms with Crippen molar-refractivity contribution in [1.29, 1.82) is 0 Å². The van der Waals surface area contributed by atoms with E-state index in [0.717, 1.165) is 12.8 Å². The maximum atomic E-state index is 9.59. The van der Waals surface area contributed by atoms with Gasteiger partial charge < -0.3 is 9.84 Å². The second-order valence-corrected chi connectivity index (χ2v) is 4.83. The van der Waals surface area contributed by atoms with Gasteiger partial charge in [-0.1, -0.05) is 20.3 Å². The Morgan fingerprint density at radius 2 is 1.85 bits per heavy atom. The van der Waals surface area contributed by atoms with Gasteiger partial charge in [-0.25, -0.2) is 0 Å². The van der Waals surface area contributed by atoms with Gasteiger partial charge in [0.15, 0.2) is 0 Å². The van der Waals surface area contributed by atoms with Crippen LogP contribution < -0.4 is 0 Å². The Balaban J connectivity index is 3.57. The summed E-state index contributed by atoms with van der Waals surface area (Å²) in [6.07, 6.45) is 1.65. The Labute approximate surface area is 82.3 Å². The van der Waals surface area contributed by atoms with E-state index in [4.69, 9.17) is 4.74 Å². The summed E-state index contributed by atoms with van der Waals surface area (Å²) in [7, 11) is 0. The Kier molecular flexibility index (Phi) is 5.57. The maximum Gasteiger partial charge on any atom is 0.0776 e. The highest BCUT2D eigenvalue weighted by Gasteiger charge is 2.14. The zero-order valence-corrected chi connectivity index (χ0v) is 9.63. The van der Waals surface area contributed by atoms with E-state index < -0.39 is 0 Å². The molecule has 0 saturated heterocycles. The molecule has 0 fully saturated rings. The van der Waals surface area contributed by atoms with Crippen molar-refractivity contribution in [2.24, 2.45) is 5.92 Å². The van der Waals surface area contributed by atoms with Crippen LogP contribution in [0.2, 0.25) is 0 Å². The van der Waals surface area contributed by atoms with E-state index in [1.54, 1.807) is 0 Å². The summed E-state index contributed by atoms with van der Waals surface area (Å²) in [5, 5.41) is 9.59.